The van der Waals surface area contributed by atoms with Crippen molar-refractivity contribution in [1.82, 2.24) is 4.57 Å². The summed E-state index contributed by atoms with van der Waals surface area (Å²) in [6.07, 6.45) is 2.13. The lowest BCUT2D eigenvalue weighted by Crippen LogP contribution is -2.23. The third-order valence-electron chi connectivity index (χ3n) is 5.13. The van der Waals surface area contributed by atoms with Crippen molar-refractivity contribution in [3.63, 3.8) is 0 Å². The van der Waals surface area contributed by atoms with Gasteiger partial charge in [0, 0.05) is 33.5 Å². The Morgan fingerprint density at radius 1 is 1.20 bits per heavy atom. The number of rotatable bonds is 3. The summed E-state index contributed by atoms with van der Waals surface area (Å²) in [6.45, 7) is 6.55. The van der Waals surface area contributed by atoms with Crippen LogP contribution in [0.25, 0.3) is 21.8 Å². The Balaban J connectivity index is 1.85. The molecule has 1 amide bonds. The quantitative estimate of drug-likeness (QED) is 0.673. The average Bonchev–Trinajstić information content (AvgIpc) is 3.23. The number of hydrogen-bond acceptors (Lipinski definition) is 2. The maximum Gasteiger partial charge on any atom is 0.237 e. The van der Waals surface area contributed by atoms with Crippen LogP contribution in [-0.2, 0) is 4.79 Å². The van der Waals surface area contributed by atoms with E-state index in [1.165, 1.54) is 21.8 Å². The van der Waals surface area contributed by atoms with Gasteiger partial charge in [0.1, 0.15) is 0 Å². The second-order valence-electron chi connectivity index (χ2n) is 7.10. The minimum atomic E-state index is 0.104. The Bertz CT molecular complexity index is 951. The number of amides is 1. The Kier molecular flexibility index (Phi) is 4.24. The molecule has 1 N–H and O–H groups in total. The zero-order valence-corrected chi connectivity index (χ0v) is 15.8. The molecule has 1 atom stereocenters. The molecule has 25 heavy (non-hydrogen) atoms. The van der Waals surface area contributed by atoms with Crippen molar-refractivity contribution < 1.29 is 4.79 Å². The van der Waals surface area contributed by atoms with Crippen LogP contribution >= 0.6 is 11.8 Å². The van der Waals surface area contributed by atoms with Gasteiger partial charge in [0.2, 0.25) is 5.91 Å². The summed E-state index contributed by atoms with van der Waals surface area (Å²) in [5.74, 6) is 1.25. The number of fused-ring (bicyclic) bond motifs is 3. The number of thioether (sulfide) groups is 1. The van der Waals surface area contributed by atoms with Crippen molar-refractivity contribution in [2.24, 2.45) is 0 Å². The van der Waals surface area contributed by atoms with Gasteiger partial charge in [-0.1, -0.05) is 18.2 Å². The van der Waals surface area contributed by atoms with Gasteiger partial charge >= 0.3 is 0 Å². The van der Waals surface area contributed by atoms with Crippen molar-refractivity contribution in [1.29, 1.82) is 0 Å². The first kappa shape index (κ1) is 16.5. The minimum absolute atomic E-state index is 0.104. The third-order valence-corrected chi connectivity index (χ3v) is 6.51. The Hall–Kier alpha value is -1.94. The molecule has 1 aliphatic rings. The summed E-state index contributed by atoms with van der Waals surface area (Å²) in [7, 11) is 0. The number of carbonyl (C=O) groups excluding carboxylic acids is 1. The number of carbonyl (C=O) groups is 1. The second kappa shape index (κ2) is 6.41. The SMILES string of the molecule is Cc1c(NC(=O)C2CCCS2)ccc2c1c1ccccc1n2C(C)C. The number of anilines is 1. The van der Waals surface area contributed by atoms with E-state index >= 15 is 0 Å². The van der Waals surface area contributed by atoms with Crippen LogP contribution < -0.4 is 5.32 Å². The fourth-order valence-electron chi connectivity index (χ4n) is 3.95. The molecule has 1 saturated heterocycles. The zero-order valence-electron chi connectivity index (χ0n) is 15.0. The van der Waals surface area contributed by atoms with Crippen LogP contribution in [0.3, 0.4) is 0 Å². The maximum absolute atomic E-state index is 12.5. The maximum atomic E-state index is 12.5. The van der Waals surface area contributed by atoms with Gasteiger partial charge in [0.25, 0.3) is 0 Å². The zero-order chi connectivity index (χ0) is 17.6. The summed E-state index contributed by atoms with van der Waals surface area (Å²) >= 11 is 1.77. The molecule has 2 aromatic carbocycles. The second-order valence-corrected chi connectivity index (χ2v) is 8.41. The molecule has 0 radical (unpaired) electrons. The molecule has 2 heterocycles. The highest BCUT2D eigenvalue weighted by Gasteiger charge is 2.24. The molecule has 3 aromatic rings. The molecule has 4 rings (SSSR count). The van der Waals surface area contributed by atoms with E-state index in [2.05, 4.69) is 67.1 Å². The number of aromatic nitrogens is 1. The highest BCUT2D eigenvalue weighted by molar-refractivity contribution is 8.00. The summed E-state index contributed by atoms with van der Waals surface area (Å²) in [5, 5.41) is 5.79. The van der Waals surface area contributed by atoms with Gasteiger partial charge in [0.15, 0.2) is 0 Å². The lowest BCUT2D eigenvalue weighted by atomic mass is 10.1. The lowest BCUT2D eigenvalue weighted by molar-refractivity contribution is -0.115. The van der Waals surface area contributed by atoms with Crippen molar-refractivity contribution in [3.8, 4) is 0 Å². The van der Waals surface area contributed by atoms with Crippen molar-refractivity contribution in [2.75, 3.05) is 11.1 Å². The first-order valence-electron chi connectivity index (χ1n) is 9.02. The van der Waals surface area contributed by atoms with Gasteiger partial charge in [-0.15, -0.1) is 11.8 Å². The molecule has 1 aliphatic heterocycles. The van der Waals surface area contributed by atoms with E-state index in [0.29, 0.717) is 6.04 Å². The number of aryl methyl sites for hydroxylation is 1. The van der Waals surface area contributed by atoms with Crippen LogP contribution in [0.15, 0.2) is 36.4 Å². The van der Waals surface area contributed by atoms with E-state index in [1.807, 2.05) is 0 Å². The molecule has 0 saturated carbocycles. The summed E-state index contributed by atoms with van der Waals surface area (Å²) in [6, 6.07) is 13.1. The van der Waals surface area contributed by atoms with E-state index < -0.39 is 0 Å². The Labute approximate surface area is 152 Å². The van der Waals surface area contributed by atoms with Crippen LogP contribution in [0.5, 0.6) is 0 Å². The monoisotopic (exact) mass is 352 g/mol. The molecule has 4 heteroatoms. The standard InChI is InChI=1S/C21H24N2OS/c1-13(2)23-17-8-5-4-7-15(17)20-14(3)16(10-11-18(20)23)22-21(24)19-9-6-12-25-19/h4-5,7-8,10-11,13,19H,6,9,12H2,1-3H3,(H,22,24). The molecule has 1 fully saturated rings. The molecule has 0 bridgehead atoms. The molecule has 1 unspecified atom stereocenters. The predicted molar refractivity (Wildman–Crippen MR) is 109 cm³/mol. The molecular formula is C21H24N2OS. The van der Waals surface area contributed by atoms with E-state index in [9.17, 15) is 4.79 Å². The van der Waals surface area contributed by atoms with Gasteiger partial charge < -0.3 is 9.88 Å². The van der Waals surface area contributed by atoms with Gasteiger partial charge in [0.05, 0.1) is 5.25 Å². The summed E-state index contributed by atoms with van der Waals surface area (Å²) < 4.78 is 2.39. The first-order chi connectivity index (χ1) is 12.1. The fraction of sp³-hybridized carbons (Fsp3) is 0.381. The van der Waals surface area contributed by atoms with E-state index in [0.717, 1.165) is 29.8 Å². The van der Waals surface area contributed by atoms with Crippen LogP contribution in [0.1, 0.15) is 38.3 Å². The highest BCUT2D eigenvalue weighted by Crippen LogP contribution is 2.37. The molecule has 0 aliphatic carbocycles. The van der Waals surface area contributed by atoms with Crippen LogP contribution in [0, 0.1) is 6.92 Å². The lowest BCUT2D eigenvalue weighted by Gasteiger charge is -2.14. The number of nitrogens with one attached hydrogen (secondary N) is 1. The number of para-hydroxylation sites is 1. The smallest absolute Gasteiger partial charge is 0.237 e. The molecular weight excluding hydrogens is 328 g/mol. The van der Waals surface area contributed by atoms with Crippen molar-refractivity contribution in [2.45, 2.75) is 44.9 Å². The van der Waals surface area contributed by atoms with Crippen LogP contribution in [0.4, 0.5) is 5.69 Å². The number of nitrogens with zero attached hydrogens (tertiary/aromatic N) is 1. The molecule has 3 nitrogen and oxygen atoms in total. The Morgan fingerprint density at radius 3 is 2.72 bits per heavy atom. The van der Waals surface area contributed by atoms with E-state index in [-0.39, 0.29) is 11.2 Å². The highest BCUT2D eigenvalue weighted by atomic mass is 32.2. The molecule has 130 valence electrons. The predicted octanol–water partition coefficient (Wildman–Crippen LogP) is 5.52. The van der Waals surface area contributed by atoms with Crippen LogP contribution in [0.2, 0.25) is 0 Å². The van der Waals surface area contributed by atoms with Gasteiger partial charge in [-0.05, 0) is 63.1 Å². The fourth-order valence-corrected chi connectivity index (χ4v) is 5.11. The Morgan fingerprint density at radius 2 is 2.00 bits per heavy atom. The largest absolute Gasteiger partial charge is 0.338 e. The van der Waals surface area contributed by atoms with Gasteiger partial charge in [-0.3, -0.25) is 4.79 Å². The van der Waals surface area contributed by atoms with Gasteiger partial charge in [-0.25, -0.2) is 0 Å². The first-order valence-corrected chi connectivity index (χ1v) is 10.1. The normalized spacial score (nSPS) is 17.7. The topological polar surface area (TPSA) is 34.0 Å². The van der Waals surface area contributed by atoms with Crippen molar-refractivity contribution in [3.05, 3.63) is 42.0 Å². The number of benzene rings is 2. The van der Waals surface area contributed by atoms with Gasteiger partial charge in [-0.2, -0.15) is 0 Å². The van der Waals surface area contributed by atoms with Crippen molar-refractivity contribution >= 4 is 45.2 Å². The minimum Gasteiger partial charge on any atom is -0.338 e. The molecule has 0 spiro atoms. The summed E-state index contributed by atoms with van der Waals surface area (Å²) in [5.41, 5.74) is 4.59. The van der Waals surface area contributed by atoms with E-state index in [1.54, 1.807) is 11.8 Å². The summed E-state index contributed by atoms with van der Waals surface area (Å²) in [4.78, 5) is 12.5. The average molecular weight is 353 g/mol. The molecule has 1 aromatic heterocycles. The van der Waals surface area contributed by atoms with Crippen LogP contribution in [-0.4, -0.2) is 21.5 Å². The number of hydrogen-bond donors (Lipinski definition) is 1. The third kappa shape index (κ3) is 2.73. The van der Waals surface area contributed by atoms with E-state index in [4.69, 9.17) is 0 Å².